The van der Waals surface area contributed by atoms with Gasteiger partial charge in [0.2, 0.25) is 0 Å². The summed E-state index contributed by atoms with van der Waals surface area (Å²) in [6.45, 7) is 3.32. The smallest absolute Gasteiger partial charge is 0.136 e. The summed E-state index contributed by atoms with van der Waals surface area (Å²) in [5, 5.41) is 3.42. The van der Waals surface area contributed by atoms with Gasteiger partial charge in [-0.1, -0.05) is 13.3 Å². The SMILES string of the molecule is CC1(CNc2cc(N)nc(C3CC3)n2)CCC1. The minimum absolute atomic E-state index is 0.458. The molecule has 0 spiro atoms. The molecule has 2 saturated carbocycles. The predicted molar refractivity (Wildman–Crippen MR) is 68.9 cm³/mol. The van der Waals surface area contributed by atoms with Gasteiger partial charge in [0.25, 0.3) is 0 Å². The second-order valence-electron chi connectivity index (χ2n) is 5.83. The zero-order chi connectivity index (χ0) is 11.9. The topological polar surface area (TPSA) is 63.8 Å². The van der Waals surface area contributed by atoms with Gasteiger partial charge >= 0.3 is 0 Å². The molecule has 0 bridgehead atoms. The van der Waals surface area contributed by atoms with E-state index in [2.05, 4.69) is 22.2 Å². The third-order valence-corrected chi connectivity index (χ3v) is 3.96. The van der Waals surface area contributed by atoms with Crippen LogP contribution in [0.25, 0.3) is 0 Å². The van der Waals surface area contributed by atoms with Gasteiger partial charge in [-0.3, -0.25) is 0 Å². The molecule has 4 heteroatoms. The van der Waals surface area contributed by atoms with Crippen LogP contribution < -0.4 is 11.1 Å². The first-order chi connectivity index (χ1) is 8.15. The van der Waals surface area contributed by atoms with E-state index >= 15 is 0 Å². The standard InChI is InChI=1S/C13H20N4/c1-13(5-2-6-13)8-15-11-7-10(14)16-12(17-11)9-3-4-9/h7,9H,2-6,8H2,1H3,(H3,14,15,16,17). The molecule has 1 aromatic heterocycles. The molecule has 2 fully saturated rings. The summed E-state index contributed by atoms with van der Waals surface area (Å²) in [5.41, 5.74) is 6.28. The van der Waals surface area contributed by atoms with Gasteiger partial charge in [-0.2, -0.15) is 0 Å². The zero-order valence-corrected chi connectivity index (χ0v) is 10.4. The highest BCUT2D eigenvalue weighted by molar-refractivity contribution is 5.45. The van der Waals surface area contributed by atoms with Crippen molar-refractivity contribution in [3.63, 3.8) is 0 Å². The molecule has 0 unspecified atom stereocenters. The van der Waals surface area contributed by atoms with E-state index < -0.39 is 0 Å². The van der Waals surface area contributed by atoms with Crippen molar-refractivity contribution in [3.05, 3.63) is 11.9 Å². The molecule has 2 aliphatic carbocycles. The quantitative estimate of drug-likeness (QED) is 0.837. The molecule has 2 aliphatic rings. The van der Waals surface area contributed by atoms with Crippen LogP contribution in [-0.2, 0) is 0 Å². The monoisotopic (exact) mass is 232 g/mol. The average molecular weight is 232 g/mol. The number of nitrogens with two attached hydrogens (primary N) is 1. The molecule has 4 nitrogen and oxygen atoms in total. The molecule has 1 heterocycles. The van der Waals surface area contributed by atoms with E-state index in [0.717, 1.165) is 18.2 Å². The Hall–Kier alpha value is -1.32. The number of rotatable bonds is 4. The van der Waals surface area contributed by atoms with Crippen molar-refractivity contribution in [1.82, 2.24) is 9.97 Å². The molecule has 3 rings (SSSR count). The number of nitrogens with one attached hydrogen (secondary N) is 1. The minimum Gasteiger partial charge on any atom is -0.384 e. The van der Waals surface area contributed by atoms with E-state index in [0.29, 0.717) is 17.2 Å². The van der Waals surface area contributed by atoms with E-state index in [4.69, 9.17) is 5.73 Å². The molecule has 0 saturated heterocycles. The van der Waals surface area contributed by atoms with Crippen molar-refractivity contribution < 1.29 is 0 Å². The number of nitrogens with zero attached hydrogens (tertiary/aromatic N) is 2. The van der Waals surface area contributed by atoms with Crippen LogP contribution in [0.5, 0.6) is 0 Å². The first-order valence-corrected chi connectivity index (χ1v) is 6.53. The normalized spacial score (nSPS) is 21.9. The van der Waals surface area contributed by atoms with Crippen LogP contribution in [0.15, 0.2) is 6.07 Å². The fourth-order valence-corrected chi connectivity index (χ4v) is 2.36. The van der Waals surface area contributed by atoms with Crippen LogP contribution in [-0.4, -0.2) is 16.5 Å². The van der Waals surface area contributed by atoms with E-state index in [1.54, 1.807) is 0 Å². The summed E-state index contributed by atoms with van der Waals surface area (Å²) in [7, 11) is 0. The summed E-state index contributed by atoms with van der Waals surface area (Å²) in [4.78, 5) is 8.86. The van der Waals surface area contributed by atoms with Gasteiger partial charge in [0.15, 0.2) is 0 Å². The highest BCUT2D eigenvalue weighted by atomic mass is 15.1. The van der Waals surface area contributed by atoms with Gasteiger partial charge in [-0.25, -0.2) is 9.97 Å². The van der Waals surface area contributed by atoms with Crippen LogP contribution in [0.4, 0.5) is 11.6 Å². The molecule has 0 aromatic carbocycles. The van der Waals surface area contributed by atoms with Gasteiger partial charge in [0.05, 0.1) is 0 Å². The highest BCUT2D eigenvalue weighted by Gasteiger charge is 2.32. The molecule has 0 atom stereocenters. The second-order valence-corrected chi connectivity index (χ2v) is 5.83. The lowest BCUT2D eigenvalue weighted by molar-refractivity contribution is 0.180. The second kappa shape index (κ2) is 3.86. The van der Waals surface area contributed by atoms with Crippen LogP contribution in [0.3, 0.4) is 0 Å². The van der Waals surface area contributed by atoms with Gasteiger partial charge in [-0.05, 0) is 31.1 Å². The van der Waals surface area contributed by atoms with E-state index in [1.165, 1.54) is 32.1 Å². The van der Waals surface area contributed by atoms with E-state index in [9.17, 15) is 0 Å². The Kier molecular flexibility index (Phi) is 2.45. The largest absolute Gasteiger partial charge is 0.384 e. The minimum atomic E-state index is 0.458. The number of anilines is 2. The zero-order valence-electron chi connectivity index (χ0n) is 10.4. The van der Waals surface area contributed by atoms with Crippen LogP contribution in [0, 0.1) is 5.41 Å². The lowest BCUT2D eigenvalue weighted by Crippen LogP contribution is -2.33. The third kappa shape index (κ3) is 2.35. The first-order valence-electron chi connectivity index (χ1n) is 6.53. The van der Waals surface area contributed by atoms with E-state index in [-0.39, 0.29) is 0 Å². The Balaban J connectivity index is 1.69. The van der Waals surface area contributed by atoms with Crippen LogP contribution >= 0.6 is 0 Å². The number of hydrogen-bond acceptors (Lipinski definition) is 4. The Labute approximate surface area is 102 Å². The van der Waals surface area contributed by atoms with Crippen molar-refractivity contribution in [2.24, 2.45) is 5.41 Å². The summed E-state index contributed by atoms with van der Waals surface area (Å²) < 4.78 is 0. The molecule has 17 heavy (non-hydrogen) atoms. The Morgan fingerprint density at radius 3 is 2.76 bits per heavy atom. The number of hydrogen-bond donors (Lipinski definition) is 2. The van der Waals surface area contributed by atoms with E-state index in [1.807, 2.05) is 6.07 Å². The van der Waals surface area contributed by atoms with Gasteiger partial charge in [0, 0.05) is 18.5 Å². The Morgan fingerprint density at radius 2 is 2.18 bits per heavy atom. The number of aromatic nitrogens is 2. The lowest BCUT2D eigenvalue weighted by Gasteiger charge is -2.38. The third-order valence-electron chi connectivity index (χ3n) is 3.96. The van der Waals surface area contributed by atoms with Crippen molar-refractivity contribution in [1.29, 1.82) is 0 Å². The fourth-order valence-electron chi connectivity index (χ4n) is 2.36. The molecular formula is C13H20N4. The Bertz CT molecular complexity index is 421. The van der Waals surface area contributed by atoms with Crippen LogP contribution in [0.1, 0.15) is 50.8 Å². The van der Waals surface area contributed by atoms with Gasteiger partial charge < -0.3 is 11.1 Å². The molecule has 92 valence electrons. The highest BCUT2D eigenvalue weighted by Crippen LogP contribution is 2.41. The van der Waals surface area contributed by atoms with Gasteiger partial charge in [-0.15, -0.1) is 0 Å². The molecule has 0 radical (unpaired) electrons. The summed E-state index contributed by atoms with van der Waals surface area (Å²) in [5.74, 6) is 2.96. The molecule has 3 N–H and O–H groups in total. The first kappa shape index (κ1) is 10.8. The average Bonchev–Trinajstić information content (AvgIpc) is 3.06. The Morgan fingerprint density at radius 1 is 1.41 bits per heavy atom. The van der Waals surface area contributed by atoms with Gasteiger partial charge in [0.1, 0.15) is 17.5 Å². The van der Waals surface area contributed by atoms with Crippen molar-refractivity contribution in [2.75, 3.05) is 17.6 Å². The summed E-state index contributed by atoms with van der Waals surface area (Å²) >= 11 is 0. The number of nitrogen functional groups attached to an aromatic ring is 1. The maximum absolute atomic E-state index is 5.82. The summed E-state index contributed by atoms with van der Waals surface area (Å²) in [6.07, 6.45) is 6.41. The lowest BCUT2D eigenvalue weighted by atomic mass is 9.70. The summed E-state index contributed by atoms with van der Waals surface area (Å²) in [6, 6.07) is 1.84. The maximum atomic E-state index is 5.82. The molecule has 1 aromatic rings. The van der Waals surface area contributed by atoms with Crippen molar-refractivity contribution in [2.45, 2.75) is 44.9 Å². The van der Waals surface area contributed by atoms with Crippen molar-refractivity contribution in [3.8, 4) is 0 Å². The van der Waals surface area contributed by atoms with Crippen LogP contribution in [0.2, 0.25) is 0 Å². The molecule has 0 amide bonds. The predicted octanol–water partition coefficient (Wildman–Crippen LogP) is 2.54. The fraction of sp³-hybridized carbons (Fsp3) is 0.692. The molecular weight excluding hydrogens is 212 g/mol. The molecule has 0 aliphatic heterocycles. The van der Waals surface area contributed by atoms with Crippen molar-refractivity contribution >= 4 is 11.6 Å². The maximum Gasteiger partial charge on any atom is 0.136 e.